The van der Waals surface area contributed by atoms with E-state index in [0.29, 0.717) is 18.0 Å². The summed E-state index contributed by atoms with van der Waals surface area (Å²) < 4.78 is 0. The van der Waals surface area contributed by atoms with Gasteiger partial charge in [0.25, 0.3) is 0 Å². The molecular weight excluding hydrogens is 210 g/mol. The van der Waals surface area contributed by atoms with Crippen molar-refractivity contribution < 1.29 is 0 Å². The van der Waals surface area contributed by atoms with E-state index < -0.39 is 0 Å². The summed E-state index contributed by atoms with van der Waals surface area (Å²) in [6, 6.07) is 5.21. The summed E-state index contributed by atoms with van der Waals surface area (Å²) in [6.07, 6.45) is 7.67. The third-order valence-corrected chi connectivity index (χ3v) is 4.22. The molecule has 1 aliphatic rings. The van der Waals surface area contributed by atoms with Crippen LogP contribution in [0.4, 0.5) is 0 Å². The predicted molar refractivity (Wildman–Crippen MR) is 70.6 cm³/mol. The van der Waals surface area contributed by atoms with E-state index in [9.17, 15) is 0 Å². The van der Waals surface area contributed by atoms with E-state index in [4.69, 9.17) is 5.73 Å². The molecule has 3 heteroatoms. The first-order chi connectivity index (χ1) is 8.24. The van der Waals surface area contributed by atoms with Crippen LogP contribution in [0.3, 0.4) is 0 Å². The number of pyridine rings is 1. The van der Waals surface area contributed by atoms with E-state index in [1.165, 1.54) is 24.8 Å². The van der Waals surface area contributed by atoms with Crippen LogP contribution in [0.15, 0.2) is 24.5 Å². The number of hydrogen-bond acceptors (Lipinski definition) is 3. The molecule has 1 aromatic rings. The van der Waals surface area contributed by atoms with Crippen LogP contribution >= 0.6 is 0 Å². The zero-order valence-electron chi connectivity index (χ0n) is 10.8. The third kappa shape index (κ3) is 2.67. The van der Waals surface area contributed by atoms with Crippen molar-refractivity contribution in [2.24, 2.45) is 11.7 Å². The first-order valence-corrected chi connectivity index (χ1v) is 6.56. The SMILES string of the molecule is CC(c1cccnc1)N(C)C1CCCC1CN. The maximum Gasteiger partial charge on any atom is 0.0335 e. The van der Waals surface area contributed by atoms with Gasteiger partial charge in [0.15, 0.2) is 0 Å². The second-order valence-corrected chi connectivity index (χ2v) is 5.12. The number of nitrogens with two attached hydrogens (primary N) is 1. The van der Waals surface area contributed by atoms with E-state index >= 15 is 0 Å². The molecule has 1 aliphatic carbocycles. The van der Waals surface area contributed by atoms with Crippen LogP contribution in [0, 0.1) is 5.92 Å². The van der Waals surface area contributed by atoms with Gasteiger partial charge < -0.3 is 5.73 Å². The first kappa shape index (κ1) is 12.5. The van der Waals surface area contributed by atoms with Gasteiger partial charge in [-0.1, -0.05) is 12.5 Å². The number of nitrogens with zero attached hydrogens (tertiary/aromatic N) is 2. The molecule has 17 heavy (non-hydrogen) atoms. The monoisotopic (exact) mass is 233 g/mol. The molecule has 2 rings (SSSR count). The number of rotatable bonds is 4. The summed E-state index contributed by atoms with van der Waals surface area (Å²) in [4.78, 5) is 6.68. The van der Waals surface area contributed by atoms with Gasteiger partial charge in [-0.05, 0) is 50.9 Å². The summed E-state index contributed by atoms with van der Waals surface area (Å²) in [6.45, 7) is 3.07. The van der Waals surface area contributed by atoms with Crippen molar-refractivity contribution in [3.8, 4) is 0 Å². The Balaban J connectivity index is 2.07. The van der Waals surface area contributed by atoms with Crippen molar-refractivity contribution in [2.75, 3.05) is 13.6 Å². The molecule has 1 saturated carbocycles. The standard InChI is InChI=1S/C14H23N3/c1-11(13-6-4-8-16-10-13)17(2)14-7-3-5-12(14)9-15/h4,6,8,10-12,14H,3,5,7,9,15H2,1-2H3. The van der Waals surface area contributed by atoms with Gasteiger partial charge in [-0.15, -0.1) is 0 Å². The Kier molecular flexibility index (Phi) is 4.13. The molecule has 2 N–H and O–H groups in total. The number of aromatic nitrogens is 1. The summed E-state index contributed by atoms with van der Waals surface area (Å²) in [5, 5.41) is 0. The van der Waals surface area contributed by atoms with Crippen LogP contribution < -0.4 is 5.73 Å². The van der Waals surface area contributed by atoms with E-state index in [1.54, 1.807) is 0 Å². The minimum absolute atomic E-state index is 0.417. The molecular formula is C14H23N3. The Hall–Kier alpha value is -0.930. The van der Waals surface area contributed by atoms with Gasteiger partial charge in [0.2, 0.25) is 0 Å². The van der Waals surface area contributed by atoms with Gasteiger partial charge in [0.1, 0.15) is 0 Å². The Bertz CT molecular complexity index is 339. The summed E-state index contributed by atoms with van der Waals surface area (Å²) >= 11 is 0. The van der Waals surface area contributed by atoms with Crippen LogP contribution in [0.5, 0.6) is 0 Å². The highest BCUT2D eigenvalue weighted by molar-refractivity contribution is 5.13. The molecule has 0 bridgehead atoms. The highest BCUT2D eigenvalue weighted by Crippen LogP contribution is 2.33. The molecule has 3 atom stereocenters. The van der Waals surface area contributed by atoms with Crippen molar-refractivity contribution in [2.45, 2.75) is 38.3 Å². The normalized spacial score (nSPS) is 26.4. The lowest BCUT2D eigenvalue weighted by molar-refractivity contribution is 0.152. The fourth-order valence-corrected chi connectivity index (χ4v) is 2.97. The zero-order chi connectivity index (χ0) is 12.3. The Labute approximate surface area is 104 Å². The molecule has 0 spiro atoms. The van der Waals surface area contributed by atoms with Crippen molar-refractivity contribution >= 4 is 0 Å². The molecule has 1 aromatic heterocycles. The van der Waals surface area contributed by atoms with Crippen molar-refractivity contribution in [3.63, 3.8) is 0 Å². The van der Waals surface area contributed by atoms with Crippen LogP contribution in [0.1, 0.15) is 37.8 Å². The Morgan fingerprint density at radius 2 is 2.35 bits per heavy atom. The first-order valence-electron chi connectivity index (χ1n) is 6.56. The molecule has 1 heterocycles. The second kappa shape index (κ2) is 5.61. The third-order valence-electron chi connectivity index (χ3n) is 4.22. The minimum atomic E-state index is 0.417. The fourth-order valence-electron chi connectivity index (χ4n) is 2.97. The van der Waals surface area contributed by atoms with E-state index in [0.717, 1.165) is 6.54 Å². The Morgan fingerprint density at radius 3 is 3.00 bits per heavy atom. The summed E-state index contributed by atoms with van der Waals surface area (Å²) in [5.74, 6) is 0.666. The lowest BCUT2D eigenvalue weighted by atomic mass is 9.99. The van der Waals surface area contributed by atoms with Gasteiger partial charge in [-0.2, -0.15) is 0 Å². The van der Waals surface area contributed by atoms with Crippen LogP contribution in [0.2, 0.25) is 0 Å². The molecule has 3 nitrogen and oxygen atoms in total. The molecule has 0 aliphatic heterocycles. The molecule has 94 valence electrons. The second-order valence-electron chi connectivity index (χ2n) is 5.12. The number of hydrogen-bond donors (Lipinski definition) is 1. The maximum atomic E-state index is 5.86. The van der Waals surface area contributed by atoms with Crippen LogP contribution in [-0.4, -0.2) is 29.5 Å². The quantitative estimate of drug-likeness (QED) is 0.867. The van der Waals surface area contributed by atoms with Gasteiger partial charge in [-0.3, -0.25) is 9.88 Å². The summed E-state index contributed by atoms with van der Waals surface area (Å²) in [5.41, 5.74) is 7.15. The van der Waals surface area contributed by atoms with E-state index in [1.807, 2.05) is 18.5 Å². The summed E-state index contributed by atoms with van der Waals surface area (Å²) in [7, 11) is 2.22. The van der Waals surface area contributed by atoms with Gasteiger partial charge >= 0.3 is 0 Å². The predicted octanol–water partition coefficient (Wildman–Crippen LogP) is 2.20. The molecule has 3 unspecified atom stereocenters. The van der Waals surface area contributed by atoms with Crippen molar-refractivity contribution in [3.05, 3.63) is 30.1 Å². The van der Waals surface area contributed by atoms with E-state index in [2.05, 4.69) is 29.9 Å². The van der Waals surface area contributed by atoms with Gasteiger partial charge in [0, 0.05) is 24.5 Å². The fraction of sp³-hybridized carbons (Fsp3) is 0.643. The molecule has 0 aromatic carbocycles. The van der Waals surface area contributed by atoms with Crippen LogP contribution in [-0.2, 0) is 0 Å². The molecule has 0 saturated heterocycles. The lowest BCUT2D eigenvalue weighted by Gasteiger charge is -2.34. The molecule has 1 fully saturated rings. The Morgan fingerprint density at radius 1 is 1.53 bits per heavy atom. The average molecular weight is 233 g/mol. The maximum absolute atomic E-state index is 5.86. The smallest absolute Gasteiger partial charge is 0.0335 e. The topological polar surface area (TPSA) is 42.2 Å². The van der Waals surface area contributed by atoms with Crippen LogP contribution in [0.25, 0.3) is 0 Å². The molecule has 0 radical (unpaired) electrons. The minimum Gasteiger partial charge on any atom is -0.330 e. The largest absolute Gasteiger partial charge is 0.330 e. The van der Waals surface area contributed by atoms with Crippen molar-refractivity contribution in [1.29, 1.82) is 0 Å². The van der Waals surface area contributed by atoms with E-state index in [-0.39, 0.29) is 0 Å². The molecule has 0 amide bonds. The van der Waals surface area contributed by atoms with Crippen molar-refractivity contribution in [1.82, 2.24) is 9.88 Å². The average Bonchev–Trinajstić information content (AvgIpc) is 2.86. The van der Waals surface area contributed by atoms with Gasteiger partial charge in [-0.25, -0.2) is 0 Å². The highest BCUT2D eigenvalue weighted by Gasteiger charge is 2.31. The lowest BCUT2D eigenvalue weighted by Crippen LogP contribution is -2.39. The zero-order valence-corrected chi connectivity index (χ0v) is 10.8. The van der Waals surface area contributed by atoms with Gasteiger partial charge in [0.05, 0.1) is 0 Å². The highest BCUT2D eigenvalue weighted by atomic mass is 15.2.